The second-order valence-electron chi connectivity index (χ2n) is 3.86. The van der Waals surface area contributed by atoms with E-state index in [0.29, 0.717) is 6.54 Å². The minimum absolute atomic E-state index is 0.0501. The summed E-state index contributed by atoms with van der Waals surface area (Å²) in [5.41, 5.74) is 0.740. The fourth-order valence-electron chi connectivity index (χ4n) is 1.58. The number of hydrogen-bond acceptors (Lipinski definition) is 2. The average Bonchev–Trinajstić information content (AvgIpc) is 2.84. The molecule has 0 aliphatic heterocycles. The number of carbonyl (C=O) groups excluding carboxylic acids is 1. The quantitative estimate of drug-likeness (QED) is 0.655. The van der Waals surface area contributed by atoms with Gasteiger partial charge < -0.3 is 4.90 Å². The third-order valence-corrected chi connectivity index (χ3v) is 4.77. The number of benzene rings is 1. The van der Waals surface area contributed by atoms with E-state index in [1.807, 2.05) is 42.8 Å². The van der Waals surface area contributed by atoms with Gasteiger partial charge in [0.1, 0.15) is 0 Å². The van der Waals surface area contributed by atoms with Crippen LogP contribution in [0, 0.1) is 3.57 Å². The number of carbonyl (C=O) groups is 1. The second kappa shape index (κ2) is 6.16. The maximum Gasteiger partial charge on any atom is 0.255 e. The predicted molar refractivity (Wildman–Crippen MR) is 87.0 cm³/mol. The summed E-state index contributed by atoms with van der Waals surface area (Å²) < 4.78 is 1.90. The maximum atomic E-state index is 12.3. The summed E-state index contributed by atoms with van der Waals surface area (Å²) in [6.45, 7) is 0.652. The third kappa shape index (κ3) is 3.33. The Balaban J connectivity index is 2.17. The fraction of sp³-hybridized carbons (Fsp3) is 0.154. The van der Waals surface area contributed by atoms with Gasteiger partial charge in [-0.25, -0.2) is 0 Å². The molecule has 1 amide bonds. The monoisotopic (exact) mass is 435 g/mol. The standard InChI is InChI=1S/C13H11BrINOS/c1-16(8-10-3-2-6-18-10)13(17)11-7-9(14)4-5-12(11)15/h2-7H,8H2,1H3. The minimum Gasteiger partial charge on any atom is -0.337 e. The number of amides is 1. The number of thiophene rings is 1. The van der Waals surface area contributed by atoms with Gasteiger partial charge in [-0.2, -0.15) is 0 Å². The van der Waals surface area contributed by atoms with Gasteiger partial charge in [0.05, 0.1) is 12.1 Å². The Morgan fingerprint density at radius 3 is 2.89 bits per heavy atom. The van der Waals surface area contributed by atoms with Crippen molar-refractivity contribution in [1.82, 2.24) is 4.90 Å². The molecule has 0 saturated carbocycles. The van der Waals surface area contributed by atoms with E-state index < -0.39 is 0 Å². The SMILES string of the molecule is CN(Cc1cccs1)C(=O)c1cc(Br)ccc1I. The fourth-order valence-corrected chi connectivity index (χ4v) is 3.26. The van der Waals surface area contributed by atoms with Crippen LogP contribution in [0.5, 0.6) is 0 Å². The molecule has 94 valence electrons. The summed E-state index contributed by atoms with van der Waals surface area (Å²) in [7, 11) is 1.83. The van der Waals surface area contributed by atoms with E-state index in [9.17, 15) is 4.79 Å². The van der Waals surface area contributed by atoms with E-state index in [2.05, 4.69) is 38.5 Å². The molecule has 2 aromatic rings. The highest BCUT2D eigenvalue weighted by Gasteiger charge is 2.15. The first-order chi connectivity index (χ1) is 8.58. The Morgan fingerprint density at radius 1 is 1.44 bits per heavy atom. The molecule has 0 atom stereocenters. The molecule has 1 aromatic carbocycles. The Bertz CT molecular complexity index is 556. The van der Waals surface area contributed by atoms with Gasteiger partial charge in [0.15, 0.2) is 0 Å². The summed E-state index contributed by atoms with van der Waals surface area (Å²) in [5.74, 6) is 0.0501. The molecular formula is C13H11BrINOS. The summed E-state index contributed by atoms with van der Waals surface area (Å²) in [4.78, 5) is 15.3. The van der Waals surface area contributed by atoms with Crippen molar-refractivity contribution in [2.75, 3.05) is 7.05 Å². The summed E-state index contributed by atoms with van der Waals surface area (Å²) in [6.07, 6.45) is 0. The van der Waals surface area contributed by atoms with Crippen LogP contribution < -0.4 is 0 Å². The van der Waals surface area contributed by atoms with Gasteiger partial charge in [-0.15, -0.1) is 11.3 Å². The van der Waals surface area contributed by atoms with Gasteiger partial charge in [0, 0.05) is 20.0 Å². The van der Waals surface area contributed by atoms with Crippen LogP contribution in [0.15, 0.2) is 40.2 Å². The molecule has 0 fully saturated rings. The van der Waals surface area contributed by atoms with Crippen LogP contribution in [-0.4, -0.2) is 17.9 Å². The first-order valence-electron chi connectivity index (χ1n) is 5.31. The molecule has 2 rings (SSSR count). The van der Waals surface area contributed by atoms with E-state index in [4.69, 9.17) is 0 Å². The molecule has 0 aliphatic carbocycles. The van der Waals surface area contributed by atoms with Gasteiger partial charge in [0.2, 0.25) is 0 Å². The van der Waals surface area contributed by atoms with Crippen molar-refractivity contribution in [3.63, 3.8) is 0 Å². The highest BCUT2D eigenvalue weighted by molar-refractivity contribution is 14.1. The average molecular weight is 436 g/mol. The minimum atomic E-state index is 0.0501. The molecule has 0 N–H and O–H groups in total. The van der Waals surface area contributed by atoms with Gasteiger partial charge in [-0.1, -0.05) is 22.0 Å². The van der Waals surface area contributed by atoms with Crippen LogP contribution in [0.25, 0.3) is 0 Å². The molecule has 0 spiro atoms. The smallest absolute Gasteiger partial charge is 0.255 e. The van der Waals surface area contributed by atoms with Crippen molar-refractivity contribution in [3.8, 4) is 0 Å². The Kier molecular flexibility index (Phi) is 4.80. The topological polar surface area (TPSA) is 20.3 Å². The van der Waals surface area contributed by atoms with E-state index >= 15 is 0 Å². The first-order valence-corrected chi connectivity index (χ1v) is 8.06. The molecule has 18 heavy (non-hydrogen) atoms. The first kappa shape index (κ1) is 14.0. The molecule has 1 aromatic heterocycles. The van der Waals surface area contributed by atoms with Crippen LogP contribution in [0.1, 0.15) is 15.2 Å². The van der Waals surface area contributed by atoms with Crippen LogP contribution in [0.4, 0.5) is 0 Å². The molecule has 5 heteroatoms. The summed E-state index contributed by atoms with van der Waals surface area (Å²) in [6, 6.07) is 9.80. The highest BCUT2D eigenvalue weighted by Crippen LogP contribution is 2.21. The van der Waals surface area contributed by atoms with E-state index in [-0.39, 0.29) is 5.91 Å². The van der Waals surface area contributed by atoms with Gasteiger partial charge in [-0.05, 0) is 52.2 Å². The maximum absolute atomic E-state index is 12.3. The lowest BCUT2D eigenvalue weighted by Gasteiger charge is -2.17. The van der Waals surface area contributed by atoms with Crippen LogP contribution in [-0.2, 0) is 6.54 Å². The lowest BCUT2D eigenvalue weighted by Crippen LogP contribution is -2.26. The van der Waals surface area contributed by atoms with Crippen molar-refractivity contribution in [1.29, 1.82) is 0 Å². The molecule has 0 unspecified atom stereocenters. The van der Waals surface area contributed by atoms with Crippen molar-refractivity contribution >= 4 is 55.8 Å². The Hall–Kier alpha value is -0.400. The summed E-state index contributed by atoms with van der Waals surface area (Å²) >= 11 is 7.26. The number of halogens is 2. The number of rotatable bonds is 3. The molecule has 1 heterocycles. The molecule has 0 bridgehead atoms. The van der Waals surface area contributed by atoms with E-state index in [1.54, 1.807) is 16.2 Å². The Labute approximate surface area is 132 Å². The number of nitrogens with zero attached hydrogens (tertiary/aromatic N) is 1. The molecule has 0 saturated heterocycles. The van der Waals surface area contributed by atoms with Crippen molar-refractivity contribution in [3.05, 3.63) is 54.2 Å². The van der Waals surface area contributed by atoms with Crippen LogP contribution in [0.3, 0.4) is 0 Å². The summed E-state index contributed by atoms with van der Waals surface area (Å²) in [5, 5.41) is 2.02. The van der Waals surface area contributed by atoms with Crippen molar-refractivity contribution in [2.45, 2.75) is 6.54 Å². The zero-order valence-electron chi connectivity index (χ0n) is 9.69. The largest absolute Gasteiger partial charge is 0.337 e. The second-order valence-corrected chi connectivity index (χ2v) is 6.97. The van der Waals surface area contributed by atoms with Crippen molar-refractivity contribution < 1.29 is 4.79 Å². The predicted octanol–water partition coefficient (Wildman–Crippen LogP) is 4.39. The van der Waals surface area contributed by atoms with Crippen molar-refractivity contribution in [2.24, 2.45) is 0 Å². The van der Waals surface area contributed by atoms with Gasteiger partial charge in [0.25, 0.3) is 5.91 Å². The Morgan fingerprint density at radius 2 is 2.22 bits per heavy atom. The normalized spacial score (nSPS) is 10.4. The van der Waals surface area contributed by atoms with Crippen LogP contribution >= 0.6 is 49.9 Å². The van der Waals surface area contributed by atoms with Gasteiger partial charge >= 0.3 is 0 Å². The highest BCUT2D eigenvalue weighted by atomic mass is 127. The zero-order valence-corrected chi connectivity index (χ0v) is 14.3. The van der Waals surface area contributed by atoms with E-state index in [0.717, 1.165) is 13.6 Å². The third-order valence-electron chi connectivity index (χ3n) is 2.48. The van der Waals surface area contributed by atoms with Gasteiger partial charge in [-0.3, -0.25) is 4.79 Å². The molecule has 2 nitrogen and oxygen atoms in total. The lowest BCUT2D eigenvalue weighted by molar-refractivity contribution is 0.0785. The molecular weight excluding hydrogens is 425 g/mol. The molecule has 0 radical (unpaired) electrons. The lowest BCUT2D eigenvalue weighted by atomic mass is 10.2. The zero-order chi connectivity index (χ0) is 13.1. The molecule has 0 aliphatic rings. The number of hydrogen-bond donors (Lipinski definition) is 0. The van der Waals surface area contributed by atoms with Crippen LogP contribution in [0.2, 0.25) is 0 Å². The van der Waals surface area contributed by atoms with E-state index in [1.165, 1.54) is 4.88 Å².